The lowest BCUT2D eigenvalue weighted by atomic mass is 9.85. The average Bonchev–Trinajstić information content (AvgIpc) is 3.77. The highest BCUT2D eigenvalue weighted by Gasteiger charge is 2.19. The van der Waals surface area contributed by atoms with Crippen LogP contribution in [0.25, 0.3) is 96.9 Å². The van der Waals surface area contributed by atoms with Gasteiger partial charge >= 0.3 is 0 Å². The number of benzene rings is 7. The van der Waals surface area contributed by atoms with Gasteiger partial charge in [-0.15, -0.1) is 11.3 Å². The van der Waals surface area contributed by atoms with Crippen LogP contribution in [-0.2, 0) is 0 Å². The Morgan fingerprint density at radius 1 is 0.442 bits per heavy atom. The molecule has 200 valence electrons. The van der Waals surface area contributed by atoms with E-state index in [1.165, 1.54) is 58.4 Å². The van der Waals surface area contributed by atoms with Gasteiger partial charge in [0.15, 0.2) is 0 Å². The number of hydrogen-bond donors (Lipinski definition) is 0. The van der Waals surface area contributed by atoms with Crippen molar-refractivity contribution in [3.05, 3.63) is 134 Å². The van der Waals surface area contributed by atoms with E-state index < -0.39 is 0 Å². The third-order valence-electron chi connectivity index (χ3n) is 8.94. The molecule has 0 saturated heterocycles. The molecular weight excluding hydrogens is 545 g/mol. The molecule has 0 bridgehead atoms. The summed E-state index contributed by atoms with van der Waals surface area (Å²) in [7, 11) is 0. The molecule has 3 heterocycles. The minimum Gasteiger partial charge on any atom is -0.464 e. The van der Waals surface area contributed by atoms with E-state index in [-0.39, 0.29) is 0 Å². The molecule has 10 rings (SSSR count). The fourth-order valence-corrected chi connectivity index (χ4v) is 8.16. The van der Waals surface area contributed by atoms with Gasteiger partial charge in [0.05, 0.1) is 11.6 Å². The number of hydrogen-bond acceptors (Lipinski definition) is 3. The summed E-state index contributed by atoms with van der Waals surface area (Å²) in [5.41, 5.74) is 7.46. The van der Waals surface area contributed by atoms with E-state index in [9.17, 15) is 0 Å². The summed E-state index contributed by atoms with van der Waals surface area (Å²) in [6, 6.07) is 46.0. The number of fused-ring (bicyclic) bond motifs is 10. The van der Waals surface area contributed by atoms with Crippen LogP contribution in [0.15, 0.2) is 142 Å². The molecule has 3 aromatic heterocycles. The lowest BCUT2D eigenvalue weighted by molar-refractivity contribution is 0.618. The Hall–Kier alpha value is -5.38. The molecule has 0 N–H and O–H groups in total. The molecule has 10 aromatic rings. The fourth-order valence-electron chi connectivity index (χ4n) is 7.07. The Morgan fingerprint density at radius 2 is 1.07 bits per heavy atom. The maximum absolute atomic E-state index is 6.42. The Morgan fingerprint density at radius 3 is 1.81 bits per heavy atom. The standard InChI is InChI=1S/C40H22O2S/c1-3-10-29-27(8-1)37(24-15-18-36-32(21-24)26-7-5-6-12-35(26)43-36)28-9-2-4-11-30(28)38(29)25-13-16-31-34(22-25)42-33-17-14-23-19-20-41-40(23)39(31)33/h1-22H. The van der Waals surface area contributed by atoms with E-state index in [2.05, 4.69) is 115 Å². The van der Waals surface area contributed by atoms with Crippen LogP contribution in [0.3, 0.4) is 0 Å². The molecule has 43 heavy (non-hydrogen) atoms. The Labute approximate surface area is 250 Å². The van der Waals surface area contributed by atoms with Crippen molar-refractivity contribution in [2.45, 2.75) is 0 Å². The van der Waals surface area contributed by atoms with Crippen molar-refractivity contribution in [1.82, 2.24) is 0 Å². The normalized spacial score (nSPS) is 12.2. The van der Waals surface area contributed by atoms with E-state index >= 15 is 0 Å². The molecule has 0 saturated carbocycles. The average molecular weight is 567 g/mol. The van der Waals surface area contributed by atoms with Crippen LogP contribution in [0.1, 0.15) is 0 Å². The Kier molecular flexibility index (Phi) is 4.63. The van der Waals surface area contributed by atoms with Crippen molar-refractivity contribution in [2.24, 2.45) is 0 Å². The molecular formula is C40H22O2S. The molecule has 0 aliphatic heterocycles. The van der Waals surface area contributed by atoms with Gasteiger partial charge in [0.1, 0.15) is 16.7 Å². The minimum atomic E-state index is 0.844. The second-order valence-electron chi connectivity index (χ2n) is 11.2. The molecule has 2 nitrogen and oxygen atoms in total. The summed E-state index contributed by atoms with van der Waals surface area (Å²) in [6.45, 7) is 0. The highest BCUT2D eigenvalue weighted by molar-refractivity contribution is 7.25. The minimum absolute atomic E-state index is 0.844. The van der Waals surface area contributed by atoms with Crippen LogP contribution in [0.2, 0.25) is 0 Å². The zero-order valence-corrected chi connectivity index (χ0v) is 23.7. The monoisotopic (exact) mass is 566 g/mol. The summed E-state index contributed by atoms with van der Waals surface area (Å²) in [5.74, 6) is 0. The summed E-state index contributed by atoms with van der Waals surface area (Å²) >= 11 is 1.86. The van der Waals surface area contributed by atoms with Crippen molar-refractivity contribution in [3.63, 3.8) is 0 Å². The third kappa shape index (κ3) is 3.23. The van der Waals surface area contributed by atoms with Gasteiger partial charge in [-0.3, -0.25) is 0 Å². The topological polar surface area (TPSA) is 26.3 Å². The smallest absolute Gasteiger partial charge is 0.145 e. The van der Waals surface area contributed by atoms with Gasteiger partial charge in [-0.05, 0) is 92.3 Å². The first kappa shape index (κ1) is 23.2. The van der Waals surface area contributed by atoms with E-state index in [1.807, 2.05) is 23.5 Å². The summed E-state index contributed by atoms with van der Waals surface area (Å²) in [6.07, 6.45) is 1.75. The molecule has 0 spiro atoms. The molecule has 0 unspecified atom stereocenters. The Balaban J connectivity index is 1.27. The van der Waals surface area contributed by atoms with Crippen LogP contribution >= 0.6 is 11.3 Å². The lowest BCUT2D eigenvalue weighted by Crippen LogP contribution is -1.90. The van der Waals surface area contributed by atoms with Crippen molar-refractivity contribution < 1.29 is 8.83 Å². The zero-order valence-electron chi connectivity index (χ0n) is 22.9. The van der Waals surface area contributed by atoms with Crippen molar-refractivity contribution in [1.29, 1.82) is 0 Å². The zero-order chi connectivity index (χ0) is 28.1. The quantitative estimate of drug-likeness (QED) is 0.195. The van der Waals surface area contributed by atoms with Gasteiger partial charge in [-0.25, -0.2) is 0 Å². The predicted molar refractivity (Wildman–Crippen MR) is 182 cm³/mol. The van der Waals surface area contributed by atoms with Crippen molar-refractivity contribution in [3.8, 4) is 22.3 Å². The first-order chi connectivity index (χ1) is 21.3. The van der Waals surface area contributed by atoms with E-state index in [4.69, 9.17) is 8.83 Å². The van der Waals surface area contributed by atoms with Gasteiger partial charge in [0, 0.05) is 30.9 Å². The van der Waals surface area contributed by atoms with Gasteiger partial charge in [-0.2, -0.15) is 0 Å². The maximum atomic E-state index is 6.42. The van der Waals surface area contributed by atoms with Gasteiger partial charge in [-0.1, -0.05) is 78.9 Å². The number of furan rings is 2. The van der Waals surface area contributed by atoms with Crippen LogP contribution in [0, 0.1) is 0 Å². The van der Waals surface area contributed by atoms with Crippen LogP contribution in [0.5, 0.6) is 0 Å². The van der Waals surface area contributed by atoms with E-state index in [0.29, 0.717) is 0 Å². The van der Waals surface area contributed by atoms with Crippen molar-refractivity contribution in [2.75, 3.05) is 0 Å². The summed E-state index contributed by atoms with van der Waals surface area (Å²) in [4.78, 5) is 0. The van der Waals surface area contributed by atoms with E-state index in [0.717, 1.165) is 38.5 Å². The number of rotatable bonds is 2. The highest BCUT2D eigenvalue weighted by atomic mass is 32.1. The first-order valence-electron chi connectivity index (χ1n) is 14.5. The van der Waals surface area contributed by atoms with Crippen LogP contribution < -0.4 is 0 Å². The maximum Gasteiger partial charge on any atom is 0.145 e. The van der Waals surface area contributed by atoms with Crippen LogP contribution in [0.4, 0.5) is 0 Å². The third-order valence-corrected chi connectivity index (χ3v) is 10.1. The molecule has 0 fully saturated rings. The predicted octanol–water partition coefficient (Wildman–Crippen LogP) is 12.3. The molecule has 0 aliphatic rings. The molecule has 7 aromatic carbocycles. The van der Waals surface area contributed by atoms with Crippen LogP contribution in [-0.4, -0.2) is 0 Å². The molecule has 0 atom stereocenters. The SMILES string of the molecule is c1ccc2c(c1)sc1ccc(-c3c4ccccc4c(-c4ccc5c(c4)oc4ccc6ccoc6c45)c4ccccc34)cc12. The van der Waals surface area contributed by atoms with Crippen molar-refractivity contribution >= 4 is 86.0 Å². The lowest BCUT2D eigenvalue weighted by Gasteiger charge is -2.18. The van der Waals surface area contributed by atoms with Gasteiger partial charge in [0.25, 0.3) is 0 Å². The first-order valence-corrected chi connectivity index (χ1v) is 15.3. The second kappa shape index (κ2) is 8.57. The Bertz CT molecular complexity index is 2680. The van der Waals surface area contributed by atoms with E-state index in [1.54, 1.807) is 6.26 Å². The molecule has 0 aliphatic carbocycles. The molecule has 0 radical (unpaired) electrons. The van der Waals surface area contributed by atoms with Gasteiger partial charge in [0.2, 0.25) is 0 Å². The second-order valence-corrected chi connectivity index (χ2v) is 12.3. The summed E-state index contributed by atoms with van der Waals surface area (Å²) in [5, 5.41) is 10.8. The molecule has 0 amide bonds. The summed E-state index contributed by atoms with van der Waals surface area (Å²) < 4.78 is 14.9. The van der Waals surface area contributed by atoms with Gasteiger partial charge < -0.3 is 8.83 Å². The fraction of sp³-hybridized carbons (Fsp3) is 0. The molecule has 3 heteroatoms. The largest absolute Gasteiger partial charge is 0.464 e. The highest BCUT2D eigenvalue weighted by Crippen LogP contribution is 2.46. The number of thiophene rings is 1.